The van der Waals surface area contributed by atoms with Crippen molar-refractivity contribution in [1.82, 2.24) is 0 Å². The minimum Gasteiger partial charge on any atom is -0.487 e. The third-order valence-corrected chi connectivity index (χ3v) is 2.82. The molecule has 0 bridgehead atoms. The fourth-order valence-electron chi connectivity index (χ4n) is 1.78. The average Bonchev–Trinajstić information content (AvgIpc) is 2.54. The van der Waals surface area contributed by atoms with Crippen LogP contribution in [0.5, 0.6) is 11.5 Å². The molecule has 22 heavy (non-hydrogen) atoms. The molecule has 0 aliphatic carbocycles. The van der Waals surface area contributed by atoms with Crippen LogP contribution in [-0.2, 0) is 18.9 Å². The van der Waals surface area contributed by atoms with E-state index in [-0.39, 0.29) is 38.1 Å². The Bertz CT molecular complexity index is 506. The monoisotopic (exact) mass is 313 g/mol. The number of esters is 1. The molecular formula is C14H19NO7. The summed E-state index contributed by atoms with van der Waals surface area (Å²) in [5.74, 6) is 0.270. The van der Waals surface area contributed by atoms with E-state index in [4.69, 9.17) is 29.4 Å². The van der Waals surface area contributed by atoms with Crippen LogP contribution in [0.2, 0.25) is 0 Å². The summed E-state index contributed by atoms with van der Waals surface area (Å²) in [4.78, 5) is 11.7. The van der Waals surface area contributed by atoms with Crippen LogP contribution >= 0.6 is 0 Å². The van der Waals surface area contributed by atoms with E-state index in [0.29, 0.717) is 24.7 Å². The molecule has 1 aliphatic rings. The lowest BCUT2D eigenvalue weighted by atomic mass is 10.1. The van der Waals surface area contributed by atoms with E-state index in [2.05, 4.69) is 4.74 Å². The van der Waals surface area contributed by atoms with Crippen LogP contribution in [0.3, 0.4) is 0 Å². The first-order valence-corrected chi connectivity index (χ1v) is 6.73. The van der Waals surface area contributed by atoms with Crippen molar-refractivity contribution in [2.75, 3.05) is 52.9 Å². The number of methoxy groups -OCH3 is 1. The lowest BCUT2D eigenvalue weighted by Crippen LogP contribution is -2.11. The van der Waals surface area contributed by atoms with E-state index in [1.807, 2.05) is 0 Å². The molecule has 0 unspecified atom stereocenters. The first-order valence-electron chi connectivity index (χ1n) is 6.73. The molecule has 1 aromatic rings. The standard InChI is InChI=1S/C14H19NO7/c1-17-14(16)10-6-12-13(7-11(10)15)22-5-3-19-9-20-8-18-2-4-21-12/h6-7H,2-5,8-9,15H2,1H3. The van der Waals surface area contributed by atoms with Crippen LogP contribution < -0.4 is 15.2 Å². The zero-order valence-corrected chi connectivity index (χ0v) is 12.3. The van der Waals surface area contributed by atoms with E-state index in [1.54, 1.807) is 0 Å². The Kier molecular flexibility index (Phi) is 6.26. The van der Waals surface area contributed by atoms with Gasteiger partial charge in [0.15, 0.2) is 11.5 Å². The van der Waals surface area contributed by atoms with Gasteiger partial charge in [0.1, 0.15) is 26.8 Å². The van der Waals surface area contributed by atoms with Gasteiger partial charge >= 0.3 is 5.97 Å². The Hall–Kier alpha value is -2.03. The van der Waals surface area contributed by atoms with E-state index < -0.39 is 5.97 Å². The summed E-state index contributed by atoms with van der Waals surface area (Å²) in [5.41, 5.74) is 6.32. The second-order valence-corrected chi connectivity index (χ2v) is 4.33. The normalized spacial score (nSPS) is 16.8. The molecule has 0 saturated heterocycles. The van der Waals surface area contributed by atoms with Gasteiger partial charge in [0.2, 0.25) is 0 Å². The molecule has 0 aromatic heterocycles. The predicted molar refractivity (Wildman–Crippen MR) is 75.9 cm³/mol. The number of hydrogen-bond donors (Lipinski definition) is 1. The van der Waals surface area contributed by atoms with Gasteiger partial charge in [-0.2, -0.15) is 0 Å². The highest BCUT2D eigenvalue weighted by atomic mass is 16.7. The molecule has 2 rings (SSSR count). The second kappa shape index (κ2) is 8.42. The highest BCUT2D eigenvalue weighted by Crippen LogP contribution is 2.33. The number of rotatable bonds is 1. The summed E-state index contributed by atoms with van der Waals surface area (Å²) in [5, 5.41) is 0. The summed E-state index contributed by atoms with van der Waals surface area (Å²) in [7, 11) is 1.29. The molecule has 122 valence electrons. The summed E-state index contributed by atoms with van der Waals surface area (Å²) < 4.78 is 31.3. The lowest BCUT2D eigenvalue weighted by Gasteiger charge is -2.15. The van der Waals surface area contributed by atoms with Crippen molar-refractivity contribution in [3.8, 4) is 11.5 Å². The minimum absolute atomic E-state index is 0.117. The van der Waals surface area contributed by atoms with Gasteiger partial charge in [-0.15, -0.1) is 0 Å². The van der Waals surface area contributed by atoms with Crippen LogP contribution in [0.25, 0.3) is 0 Å². The minimum atomic E-state index is -0.542. The molecule has 1 aromatic carbocycles. The fourth-order valence-corrected chi connectivity index (χ4v) is 1.78. The predicted octanol–water partition coefficient (Wildman–Crippen LogP) is 0.791. The Balaban J connectivity index is 2.19. The number of fused-ring (bicyclic) bond motifs is 1. The quantitative estimate of drug-likeness (QED) is 0.600. The first kappa shape index (κ1) is 16.3. The van der Waals surface area contributed by atoms with E-state index in [1.165, 1.54) is 19.2 Å². The highest BCUT2D eigenvalue weighted by Gasteiger charge is 2.16. The van der Waals surface area contributed by atoms with Crippen LogP contribution in [0.15, 0.2) is 12.1 Å². The van der Waals surface area contributed by atoms with Gasteiger partial charge in [-0.3, -0.25) is 0 Å². The molecule has 0 amide bonds. The fraction of sp³-hybridized carbons (Fsp3) is 0.500. The summed E-state index contributed by atoms with van der Waals surface area (Å²) in [6.07, 6.45) is 0. The van der Waals surface area contributed by atoms with Crippen molar-refractivity contribution in [2.45, 2.75) is 0 Å². The SMILES string of the molecule is COC(=O)c1cc2c(cc1N)OCCOCOCOCCO2. The highest BCUT2D eigenvalue weighted by molar-refractivity contribution is 5.96. The van der Waals surface area contributed by atoms with Gasteiger partial charge in [-0.25, -0.2) is 4.79 Å². The first-order chi connectivity index (χ1) is 10.7. The Labute approximate surface area is 128 Å². The second-order valence-electron chi connectivity index (χ2n) is 4.33. The van der Waals surface area contributed by atoms with Crippen molar-refractivity contribution < 1.29 is 33.2 Å². The number of nitrogen functional groups attached to an aromatic ring is 1. The molecule has 0 radical (unpaired) electrons. The number of hydrogen-bond acceptors (Lipinski definition) is 8. The van der Waals surface area contributed by atoms with Crippen molar-refractivity contribution >= 4 is 11.7 Å². The molecule has 0 spiro atoms. The Morgan fingerprint density at radius 3 is 2.18 bits per heavy atom. The molecule has 0 saturated carbocycles. The summed E-state index contributed by atoms with van der Waals surface area (Å²) >= 11 is 0. The van der Waals surface area contributed by atoms with Gasteiger partial charge in [0.05, 0.1) is 31.6 Å². The van der Waals surface area contributed by atoms with E-state index in [0.717, 1.165) is 0 Å². The molecule has 0 fully saturated rings. The maximum atomic E-state index is 11.7. The summed E-state index contributed by atoms with van der Waals surface area (Å²) in [6.45, 7) is 1.45. The number of nitrogens with two attached hydrogens (primary N) is 1. The topological polar surface area (TPSA) is 98.5 Å². The maximum absolute atomic E-state index is 11.7. The number of benzene rings is 1. The van der Waals surface area contributed by atoms with Crippen molar-refractivity contribution in [3.63, 3.8) is 0 Å². The number of carbonyl (C=O) groups is 1. The third-order valence-electron chi connectivity index (χ3n) is 2.82. The molecular weight excluding hydrogens is 294 g/mol. The Morgan fingerprint density at radius 1 is 1.00 bits per heavy atom. The van der Waals surface area contributed by atoms with E-state index in [9.17, 15) is 4.79 Å². The lowest BCUT2D eigenvalue weighted by molar-refractivity contribution is -0.134. The van der Waals surface area contributed by atoms with Gasteiger partial charge in [-0.1, -0.05) is 0 Å². The molecule has 1 heterocycles. The van der Waals surface area contributed by atoms with E-state index >= 15 is 0 Å². The molecule has 8 heteroatoms. The number of carbonyl (C=O) groups excluding carboxylic acids is 1. The van der Waals surface area contributed by atoms with Crippen LogP contribution in [0.1, 0.15) is 10.4 Å². The number of anilines is 1. The van der Waals surface area contributed by atoms with Gasteiger partial charge in [0.25, 0.3) is 0 Å². The maximum Gasteiger partial charge on any atom is 0.340 e. The summed E-state index contributed by atoms with van der Waals surface area (Å²) in [6, 6.07) is 3.02. The van der Waals surface area contributed by atoms with Crippen molar-refractivity contribution in [3.05, 3.63) is 17.7 Å². The van der Waals surface area contributed by atoms with Crippen LogP contribution in [0, 0.1) is 0 Å². The van der Waals surface area contributed by atoms with Crippen LogP contribution in [0.4, 0.5) is 5.69 Å². The molecule has 8 nitrogen and oxygen atoms in total. The molecule has 0 atom stereocenters. The Morgan fingerprint density at radius 2 is 1.59 bits per heavy atom. The van der Waals surface area contributed by atoms with Gasteiger partial charge < -0.3 is 34.2 Å². The van der Waals surface area contributed by atoms with Gasteiger partial charge in [-0.05, 0) is 0 Å². The third kappa shape index (κ3) is 4.48. The number of ether oxygens (including phenoxy) is 6. The van der Waals surface area contributed by atoms with Gasteiger partial charge in [0, 0.05) is 12.1 Å². The largest absolute Gasteiger partial charge is 0.487 e. The smallest absolute Gasteiger partial charge is 0.340 e. The molecule has 2 N–H and O–H groups in total. The molecule has 1 aliphatic heterocycles. The van der Waals surface area contributed by atoms with Crippen molar-refractivity contribution in [1.29, 1.82) is 0 Å². The average molecular weight is 313 g/mol. The zero-order valence-electron chi connectivity index (χ0n) is 12.3. The van der Waals surface area contributed by atoms with Crippen LogP contribution in [-0.4, -0.2) is 53.1 Å². The zero-order chi connectivity index (χ0) is 15.8. The van der Waals surface area contributed by atoms with Crippen molar-refractivity contribution in [2.24, 2.45) is 0 Å².